The summed E-state index contributed by atoms with van der Waals surface area (Å²) < 4.78 is 10.6. The highest BCUT2D eigenvalue weighted by Crippen LogP contribution is 2.23. The lowest BCUT2D eigenvalue weighted by Crippen LogP contribution is -2.35. The van der Waals surface area contributed by atoms with Crippen molar-refractivity contribution in [1.29, 1.82) is 0 Å². The van der Waals surface area contributed by atoms with Crippen molar-refractivity contribution in [3.63, 3.8) is 0 Å². The highest BCUT2D eigenvalue weighted by Gasteiger charge is 2.23. The molecule has 0 radical (unpaired) electrons. The number of rotatable bonds is 5. The van der Waals surface area contributed by atoms with Gasteiger partial charge in [-0.15, -0.1) is 0 Å². The fourth-order valence-corrected chi connectivity index (χ4v) is 2.27. The molecule has 0 saturated carbocycles. The van der Waals surface area contributed by atoms with Gasteiger partial charge >= 0.3 is 12.1 Å². The number of amides is 1. The van der Waals surface area contributed by atoms with Crippen LogP contribution in [0.25, 0.3) is 0 Å². The molecule has 1 amide bonds. The van der Waals surface area contributed by atoms with Gasteiger partial charge < -0.3 is 14.8 Å². The van der Waals surface area contributed by atoms with Gasteiger partial charge in [0.2, 0.25) is 0 Å². The summed E-state index contributed by atoms with van der Waals surface area (Å²) >= 11 is 5.93. The summed E-state index contributed by atoms with van der Waals surface area (Å²) in [5.74, 6) is -0.557. The number of ether oxygens (including phenoxy) is 2. The SMILES string of the molecule is CC(C)(C)OC(=O)C[C@H](CNC(=O)OC(C)(C)C)c1ccc(Cl)cc1. The van der Waals surface area contributed by atoms with Crippen molar-refractivity contribution in [3.05, 3.63) is 34.9 Å². The molecule has 1 rings (SSSR count). The molecule has 0 saturated heterocycles. The number of hydrogen-bond acceptors (Lipinski definition) is 4. The minimum atomic E-state index is -0.578. The van der Waals surface area contributed by atoms with E-state index in [0.717, 1.165) is 5.56 Å². The Bertz CT molecular complexity index is 585. The topological polar surface area (TPSA) is 64.6 Å². The van der Waals surface area contributed by atoms with Crippen molar-refractivity contribution in [3.8, 4) is 0 Å². The molecular formula is C19H28ClNO4. The maximum Gasteiger partial charge on any atom is 0.407 e. The third-order valence-corrected chi connectivity index (χ3v) is 3.32. The zero-order chi connectivity index (χ0) is 19.3. The van der Waals surface area contributed by atoms with Crippen LogP contribution in [0.1, 0.15) is 59.4 Å². The van der Waals surface area contributed by atoms with E-state index in [1.165, 1.54) is 0 Å². The first-order valence-corrected chi connectivity index (χ1v) is 8.68. The highest BCUT2D eigenvalue weighted by atomic mass is 35.5. The van der Waals surface area contributed by atoms with E-state index in [1.807, 2.05) is 32.9 Å². The first-order valence-electron chi connectivity index (χ1n) is 8.30. The molecule has 0 heterocycles. The Labute approximate surface area is 155 Å². The summed E-state index contributed by atoms with van der Waals surface area (Å²) in [4.78, 5) is 24.1. The second-order valence-corrected chi connectivity index (χ2v) is 8.36. The molecule has 0 aliphatic carbocycles. The zero-order valence-corrected chi connectivity index (χ0v) is 16.6. The van der Waals surface area contributed by atoms with Gasteiger partial charge in [0.15, 0.2) is 0 Å². The summed E-state index contributed by atoms with van der Waals surface area (Å²) in [5, 5.41) is 3.33. The van der Waals surface area contributed by atoms with Gasteiger partial charge in [-0.25, -0.2) is 4.79 Å². The van der Waals surface area contributed by atoms with Crippen LogP contribution in [0.2, 0.25) is 5.02 Å². The van der Waals surface area contributed by atoms with Crippen molar-refractivity contribution in [2.24, 2.45) is 0 Å². The van der Waals surface area contributed by atoms with Gasteiger partial charge in [-0.3, -0.25) is 4.79 Å². The molecule has 1 atom stereocenters. The smallest absolute Gasteiger partial charge is 0.407 e. The second kappa shape index (κ2) is 8.56. The van der Waals surface area contributed by atoms with Gasteiger partial charge in [0.05, 0.1) is 6.42 Å². The lowest BCUT2D eigenvalue weighted by molar-refractivity contribution is -0.155. The van der Waals surface area contributed by atoms with E-state index in [0.29, 0.717) is 5.02 Å². The Kier molecular flexibility index (Phi) is 7.29. The Morgan fingerprint density at radius 1 is 1.00 bits per heavy atom. The third-order valence-electron chi connectivity index (χ3n) is 3.07. The molecule has 0 fully saturated rings. The summed E-state index contributed by atoms with van der Waals surface area (Å²) in [7, 11) is 0. The Morgan fingerprint density at radius 2 is 1.52 bits per heavy atom. The number of carbonyl (C=O) groups excluding carboxylic acids is 2. The number of benzene rings is 1. The molecule has 0 spiro atoms. The second-order valence-electron chi connectivity index (χ2n) is 7.92. The van der Waals surface area contributed by atoms with Crippen molar-refractivity contribution in [1.82, 2.24) is 5.32 Å². The van der Waals surface area contributed by atoms with Crippen LogP contribution in [0.5, 0.6) is 0 Å². The maximum atomic E-state index is 12.2. The van der Waals surface area contributed by atoms with Crippen LogP contribution in [0, 0.1) is 0 Å². The largest absolute Gasteiger partial charge is 0.460 e. The maximum absolute atomic E-state index is 12.2. The molecule has 0 aliphatic rings. The van der Waals surface area contributed by atoms with Gasteiger partial charge in [0.25, 0.3) is 0 Å². The number of carbonyl (C=O) groups is 2. The van der Waals surface area contributed by atoms with Crippen LogP contribution in [0.3, 0.4) is 0 Å². The van der Waals surface area contributed by atoms with E-state index in [9.17, 15) is 9.59 Å². The molecule has 0 aromatic heterocycles. The van der Waals surface area contributed by atoms with Crippen molar-refractivity contribution < 1.29 is 19.1 Å². The average molecular weight is 370 g/mol. The molecular weight excluding hydrogens is 342 g/mol. The molecule has 0 unspecified atom stereocenters. The molecule has 1 aromatic rings. The van der Waals surface area contributed by atoms with Gasteiger partial charge in [-0.05, 0) is 59.2 Å². The van der Waals surface area contributed by atoms with Crippen LogP contribution >= 0.6 is 11.6 Å². The van der Waals surface area contributed by atoms with Gasteiger partial charge in [0, 0.05) is 17.5 Å². The quantitative estimate of drug-likeness (QED) is 0.765. The molecule has 0 bridgehead atoms. The van der Waals surface area contributed by atoms with Crippen LogP contribution in [0.4, 0.5) is 4.79 Å². The summed E-state index contributed by atoms with van der Waals surface area (Å²) in [6.07, 6.45) is -0.370. The van der Waals surface area contributed by atoms with Crippen LogP contribution in [-0.4, -0.2) is 29.8 Å². The van der Waals surface area contributed by atoms with Gasteiger partial charge in [-0.1, -0.05) is 23.7 Å². The number of halogens is 1. The Morgan fingerprint density at radius 3 is 2.00 bits per heavy atom. The third kappa shape index (κ3) is 9.34. The molecule has 6 heteroatoms. The lowest BCUT2D eigenvalue weighted by Gasteiger charge is -2.24. The van der Waals surface area contributed by atoms with E-state index in [4.69, 9.17) is 21.1 Å². The summed E-state index contributed by atoms with van der Waals surface area (Å²) in [6.45, 7) is 11.1. The lowest BCUT2D eigenvalue weighted by atomic mass is 9.95. The molecule has 0 aliphatic heterocycles. The molecule has 1 aromatic carbocycles. The predicted molar refractivity (Wildman–Crippen MR) is 98.9 cm³/mol. The van der Waals surface area contributed by atoms with Crippen molar-refractivity contribution >= 4 is 23.7 Å². The molecule has 1 N–H and O–H groups in total. The molecule has 25 heavy (non-hydrogen) atoms. The number of hydrogen-bond donors (Lipinski definition) is 1. The fraction of sp³-hybridized carbons (Fsp3) is 0.579. The summed E-state index contributed by atoms with van der Waals surface area (Å²) in [6, 6.07) is 7.20. The number of esters is 1. The van der Waals surface area contributed by atoms with Crippen molar-refractivity contribution in [2.75, 3.05) is 6.54 Å². The number of nitrogens with one attached hydrogen (secondary N) is 1. The first kappa shape index (κ1) is 21.3. The minimum absolute atomic E-state index is 0.148. The van der Waals surface area contributed by atoms with E-state index in [2.05, 4.69) is 5.32 Å². The average Bonchev–Trinajstić information content (AvgIpc) is 2.40. The monoisotopic (exact) mass is 369 g/mol. The zero-order valence-electron chi connectivity index (χ0n) is 15.8. The van der Waals surface area contributed by atoms with Crippen LogP contribution in [-0.2, 0) is 14.3 Å². The van der Waals surface area contributed by atoms with Crippen molar-refractivity contribution in [2.45, 2.75) is 65.1 Å². The van der Waals surface area contributed by atoms with Gasteiger partial charge in [-0.2, -0.15) is 0 Å². The van der Waals surface area contributed by atoms with Gasteiger partial charge in [0.1, 0.15) is 11.2 Å². The standard InChI is InChI=1S/C19H28ClNO4/c1-18(2,3)24-16(22)11-14(13-7-9-15(20)10-8-13)12-21-17(23)25-19(4,5)6/h7-10,14H,11-12H2,1-6H3,(H,21,23)/t14-/m1/s1. The number of alkyl carbamates (subject to hydrolysis) is 1. The first-order chi connectivity index (χ1) is 11.4. The van der Waals surface area contributed by atoms with Crippen LogP contribution < -0.4 is 5.32 Å². The molecule has 140 valence electrons. The molecule has 5 nitrogen and oxygen atoms in total. The van der Waals surface area contributed by atoms with E-state index < -0.39 is 17.3 Å². The van der Waals surface area contributed by atoms with E-state index in [1.54, 1.807) is 32.9 Å². The van der Waals surface area contributed by atoms with Crippen LogP contribution in [0.15, 0.2) is 24.3 Å². The van der Waals surface area contributed by atoms with E-state index >= 15 is 0 Å². The highest BCUT2D eigenvalue weighted by molar-refractivity contribution is 6.30. The normalized spacial score (nSPS) is 13.1. The Hall–Kier alpha value is -1.75. The Balaban J connectivity index is 2.79. The summed E-state index contributed by atoms with van der Waals surface area (Å²) in [5.41, 5.74) is -0.239. The minimum Gasteiger partial charge on any atom is -0.460 e. The fourth-order valence-electron chi connectivity index (χ4n) is 2.15. The van der Waals surface area contributed by atoms with E-state index in [-0.39, 0.29) is 24.9 Å². The predicted octanol–water partition coefficient (Wildman–Crippen LogP) is 4.68.